The number of rotatable bonds is 3. The van der Waals surface area contributed by atoms with Gasteiger partial charge in [0.1, 0.15) is 17.6 Å². The molecule has 0 aliphatic carbocycles. The zero-order valence-electron chi connectivity index (χ0n) is 14.5. The van der Waals surface area contributed by atoms with Crippen LogP contribution in [-0.2, 0) is 19.1 Å². The van der Waals surface area contributed by atoms with Crippen molar-refractivity contribution in [2.24, 2.45) is 0 Å². The van der Waals surface area contributed by atoms with Crippen LogP contribution in [-0.4, -0.2) is 35.0 Å². The first-order valence-corrected chi connectivity index (χ1v) is 8.27. The molecule has 1 aromatic carbocycles. The largest absolute Gasteiger partial charge is 0.460 e. The average molecular weight is 355 g/mol. The molecule has 3 heterocycles. The van der Waals surface area contributed by atoms with E-state index in [1.807, 2.05) is 0 Å². The minimum absolute atomic E-state index is 0.140. The summed E-state index contributed by atoms with van der Waals surface area (Å²) in [5.74, 6) is -1.62. The van der Waals surface area contributed by atoms with Gasteiger partial charge < -0.3 is 14.8 Å². The van der Waals surface area contributed by atoms with E-state index in [0.717, 1.165) is 0 Å². The first-order valence-electron chi connectivity index (χ1n) is 8.27. The first-order chi connectivity index (χ1) is 12.5. The van der Waals surface area contributed by atoms with Crippen LogP contribution in [0.15, 0.2) is 45.4 Å². The zero-order valence-corrected chi connectivity index (χ0v) is 14.5. The molecule has 0 bridgehead atoms. The number of carbonyl (C=O) groups excluding carboxylic acids is 2. The molecule has 0 saturated carbocycles. The molecule has 8 heteroatoms. The quantitative estimate of drug-likeness (QED) is 0.833. The molecule has 1 N–H and O–H groups in total. The summed E-state index contributed by atoms with van der Waals surface area (Å²) in [6.07, 6.45) is -0.293. The molecule has 8 nitrogen and oxygen atoms in total. The van der Waals surface area contributed by atoms with Gasteiger partial charge in [-0.15, -0.1) is 0 Å². The SMILES string of the molecule is CC1=C(C(=O)OC(C)C)C(c2cccc3nonc23)C2=C(COC2=O)N1. The Morgan fingerprint density at radius 2 is 2.15 bits per heavy atom. The number of benzene rings is 1. The van der Waals surface area contributed by atoms with Crippen LogP contribution in [0.5, 0.6) is 0 Å². The predicted octanol–water partition coefficient (Wildman–Crippen LogP) is 1.95. The maximum absolute atomic E-state index is 12.8. The average Bonchev–Trinajstić information content (AvgIpc) is 3.19. The van der Waals surface area contributed by atoms with Gasteiger partial charge in [0.2, 0.25) is 0 Å². The van der Waals surface area contributed by atoms with Crippen molar-refractivity contribution in [1.29, 1.82) is 0 Å². The van der Waals surface area contributed by atoms with Crippen LogP contribution in [0.1, 0.15) is 32.3 Å². The van der Waals surface area contributed by atoms with Crippen molar-refractivity contribution in [3.8, 4) is 0 Å². The Morgan fingerprint density at radius 1 is 1.35 bits per heavy atom. The van der Waals surface area contributed by atoms with E-state index in [2.05, 4.69) is 15.6 Å². The molecular weight excluding hydrogens is 338 g/mol. The highest BCUT2D eigenvalue weighted by Gasteiger charge is 2.43. The van der Waals surface area contributed by atoms with Gasteiger partial charge in [-0.05, 0) is 42.7 Å². The van der Waals surface area contributed by atoms with Crippen LogP contribution in [0.3, 0.4) is 0 Å². The fourth-order valence-corrected chi connectivity index (χ4v) is 3.39. The molecule has 0 spiro atoms. The van der Waals surface area contributed by atoms with E-state index >= 15 is 0 Å². The molecule has 0 radical (unpaired) electrons. The highest BCUT2D eigenvalue weighted by Crippen LogP contribution is 2.43. The van der Waals surface area contributed by atoms with Gasteiger partial charge in [-0.3, -0.25) is 0 Å². The molecule has 0 saturated heterocycles. The van der Waals surface area contributed by atoms with Crippen LogP contribution in [0, 0.1) is 0 Å². The topological polar surface area (TPSA) is 104 Å². The third kappa shape index (κ3) is 2.45. The van der Waals surface area contributed by atoms with E-state index in [1.54, 1.807) is 39.0 Å². The van der Waals surface area contributed by atoms with Gasteiger partial charge in [0.25, 0.3) is 0 Å². The third-order valence-electron chi connectivity index (χ3n) is 4.40. The number of ether oxygens (including phenoxy) is 2. The predicted molar refractivity (Wildman–Crippen MR) is 89.6 cm³/mol. The number of carbonyl (C=O) groups is 2. The number of dihydropyridines is 1. The summed E-state index contributed by atoms with van der Waals surface area (Å²) in [7, 11) is 0. The van der Waals surface area contributed by atoms with Gasteiger partial charge in [0.15, 0.2) is 0 Å². The number of nitrogens with zero attached hydrogens (tertiary/aromatic N) is 2. The highest BCUT2D eigenvalue weighted by atomic mass is 16.6. The van der Waals surface area contributed by atoms with Crippen molar-refractivity contribution in [1.82, 2.24) is 15.6 Å². The summed E-state index contributed by atoms with van der Waals surface area (Å²) in [5, 5.41) is 10.9. The number of allylic oxidation sites excluding steroid dienone is 1. The fraction of sp³-hybridized carbons (Fsp3) is 0.333. The zero-order chi connectivity index (χ0) is 18.4. The maximum Gasteiger partial charge on any atom is 0.337 e. The van der Waals surface area contributed by atoms with E-state index in [-0.39, 0.29) is 12.7 Å². The van der Waals surface area contributed by atoms with E-state index in [4.69, 9.17) is 14.1 Å². The summed E-state index contributed by atoms with van der Waals surface area (Å²) in [6, 6.07) is 5.33. The van der Waals surface area contributed by atoms with Crippen molar-refractivity contribution in [2.75, 3.05) is 6.61 Å². The van der Waals surface area contributed by atoms with Crippen molar-refractivity contribution in [3.05, 3.63) is 46.3 Å². The normalized spacial score (nSPS) is 19.7. The van der Waals surface area contributed by atoms with Crippen LogP contribution >= 0.6 is 0 Å². The van der Waals surface area contributed by atoms with E-state index < -0.39 is 17.9 Å². The Balaban J connectivity index is 1.93. The Labute approximate surface area is 148 Å². The third-order valence-corrected chi connectivity index (χ3v) is 4.40. The molecule has 0 fully saturated rings. The standard InChI is InChI=1S/C18H17N3O5/c1-8(2)25-18(23)13-9(3)19-12-7-24-17(22)15(12)14(13)10-5-4-6-11-16(10)21-26-20-11/h4-6,8,14,19H,7H2,1-3H3. The molecule has 2 aliphatic heterocycles. The van der Waals surface area contributed by atoms with Crippen LogP contribution < -0.4 is 5.32 Å². The highest BCUT2D eigenvalue weighted by molar-refractivity contribution is 6.02. The lowest BCUT2D eigenvalue weighted by Gasteiger charge is -2.28. The minimum Gasteiger partial charge on any atom is -0.460 e. The molecule has 1 aromatic heterocycles. The second-order valence-electron chi connectivity index (χ2n) is 6.50. The summed E-state index contributed by atoms with van der Waals surface area (Å²) in [5.41, 5.74) is 3.69. The van der Waals surface area contributed by atoms with Gasteiger partial charge in [0, 0.05) is 5.70 Å². The van der Waals surface area contributed by atoms with Gasteiger partial charge in [0.05, 0.1) is 28.9 Å². The number of hydrogen-bond acceptors (Lipinski definition) is 8. The number of fused-ring (bicyclic) bond motifs is 1. The van der Waals surface area contributed by atoms with Gasteiger partial charge >= 0.3 is 11.9 Å². The molecular formula is C18H17N3O5. The Morgan fingerprint density at radius 3 is 2.92 bits per heavy atom. The molecule has 0 amide bonds. The monoisotopic (exact) mass is 355 g/mol. The molecule has 4 rings (SSSR count). The molecule has 2 aliphatic rings. The van der Waals surface area contributed by atoms with Gasteiger partial charge in [-0.25, -0.2) is 14.2 Å². The Kier molecular flexibility index (Phi) is 3.75. The molecule has 2 aromatic rings. The molecule has 26 heavy (non-hydrogen) atoms. The number of aromatic nitrogens is 2. The second kappa shape index (κ2) is 5.98. The number of esters is 2. The van der Waals surface area contributed by atoms with Crippen LogP contribution in [0.25, 0.3) is 11.0 Å². The van der Waals surface area contributed by atoms with E-state index in [0.29, 0.717) is 39.1 Å². The Bertz CT molecular complexity index is 986. The second-order valence-corrected chi connectivity index (χ2v) is 6.50. The summed E-state index contributed by atoms with van der Waals surface area (Å²) in [4.78, 5) is 25.2. The number of hydrogen-bond donors (Lipinski definition) is 1. The van der Waals surface area contributed by atoms with Crippen molar-refractivity contribution < 1.29 is 23.7 Å². The summed E-state index contributed by atoms with van der Waals surface area (Å²) < 4.78 is 15.4. The van der Waals surface area contributed by atoms with E-state index in [9.17, 15) is 9.59 Å². The van der Waals surface area contributed by atoms with Gasteiger partial charge in [-0.1, -0.05) is 12.1 Å². The molecule has 1 atom stereocenters. The molecule has 1 unspecified atom stereocenters. The smallest absolute Gasteiger partial charge is 0.337 e. The summed E-state index contributed by atoms with van der Waals surface area (Å²) in [6.45, 7) is 5.46. The number of nitrogens with one attached hydrogen (secondary N) is 1. The van der Waals surface area contributed by atoms with Crippen molar-refractivity contribution >= 4 is 23.0 Å². The van der Waals surface area contributed by atoms with Crippen LogP contribution in [0.2, 0.25) is 0 Å². The lowest BCUT2D eigenvalue weighted by molar-refractivity contribution is -0.143. The summed E-state index contributed by atoms with van der Waals surface area (Å²) >= 11 is 0. The minimum atomic E-state index is -0.664. The lowest BCUT2D eigenvalue weighted by atomic mass is 9.80. The lowest BCUT2D eigenvalue weighted by Crippen LogP contribution is -2.31. The maximum atomic E-state index is 12.8. The fourth-order valence-electron chi connectivity index (χ4n) is 3.39. The Hall–Kier alpha value is -3.16. The van der Waals surface area contributed by atoms with Crippen molar-refractivity contribution in [2.45, 2.75) is 32.8 Å². The van der Waals surface area contributed by atoms with Gasteiger partial charge in [-0.2, -0.15) is 0 Å². The first kappa shape index (κ1) is 16.3. The van der Waals surface area contributed by atoms with Crippen LogP contribution in [0.4, 0.5) is 0 Å². The molecule has 134 valence electrons. The van der Waals surface area contributed by atoms with E-state index in [1.165, 1.54) is 0 Å². The van der Waals surface area contributed by atoms with Crippen molar-refractivity contribution in [3.63, 3.8) is 0 Å². The number of cyclic esters (lactones) is 1.